The lowest BCUT2D eigenvalue weighted by Gasteiger charge is -2.36. The van der Waals surface area contributed by atoms with Gasteiger partial charge in [-0.15, -0.1) is 0 Å². The quantitative estimate of drug-likeness (QED) is 0.311. The SMILES string of the molecule is COCC1=C(C(=O)OC)C(c2ccc(F)c(F)c2)N(C(=O)NCCNC2CCN(c3ncccn3)CC2)C(=O)N1. The average molecular weight is 560 g/mol. The number of carbonyl (C=O) groups is 3. The van der Waals surface area contributed by atoms with Crippen LogP contribution in [0.1, 0.15) is 24.4 Å². The molecule has 1 saturated heterocycles. The van der Waals surface area contributed by atoms with E-state index in [4.69, 9.17) is 9.47 Å². The van der Waals surface area contributed by atoms with Gasteiger partial charge >= 0.3 is 18.0 Å². The van der Waals surface area contributed by atoms with Gasteiger partial charge in [0.05, 0.1) is 25.0 Å². The number of amides is 4. The molecule has 1 aromatic heterocycles. The van der Waals surface area contributed by atoms with E-state index in [1.165, 1.54) is 13.2 Å². The van der Waals surface area contributed by atoms with E-state index in [1.807, 2.05) is 0 Å². The van der Waals surface area contributed by atoms with Crippen LogP contribution in [0, 0.1) is 11.6 Å². The number of ether oxygens (including phenoxy) is 2. The second-order valence-corrected chi connectivity index (χ2v) is 9.19. The van der Waals surface area contributed by atoms with E-state index >= 15 is 0 Å². The van der Waals surface area contributed by atoms with Crippen LogP contribution in [0.25, 0.3) is 0 Å². The molecule has 2 aliphatic heterocycles. The van der Waals surface area contributed by atoms with Gasteiger partial charge < -0.3 is 30.3 Å². The van der Waals surface area contributed by atoms with E-state index < -0.39 is 35.7 Å². The molecule has 0 radical (unpaired) electrons. The van der Waals surface area contributed by atoms with Crippen LogP contribution in [-0.2, 0) is 14.3 Å². The maximum absolute atomic E-state index is 14.2. The number of methoxy groups -OCH3 is 2. The highest BCUT2D eigenvalue weighted by molar-refractivity contribution is 6.01. The third kappa shape index (κ3) is 6.51. The number of nitrogens with zero attached hydrogens (tertiary/aromatic N) is 4. The minimum Gasteiger partial charge on any atom is -0.466 e. The summed E-state index contributed by atoms with van der Waals surface area (Å²) in [6, 6.07) is 1.79. The first kappa shape index (κ1) is 28.8. The molecule has 1 aromatic carbocycles. The molecule has 2 aromatic rings. The molecule has 4 amide bonds. The minimum absolute atomic E-state index is 0.00480. The van der Waals surface area contributed by atoms with E-state index in [2.05, 4.69) is 30.8 Å². The fraction of sp³-hybridized carbons (Fsp3) is 0.423. The predicted octanol–water partition coefficient (Wildman–Crippen LogP) is 1.86. The molecule has 12 nitrogen and oxygen atoms in total. The number of rotatable bonds is 9. The highest BCUT2D eigenvalue weighted by Gasteiger charge is 2.43. The molecule has 4 rings (SSSR count). The largest absolute Gasteiger partial charge is 0.466 e. The van der Waals surface area contributed by atoms with Crippen LogP contribution in [0.2, 0.25) is 0 Å². The summed E-state index contributed by atoms with van der Waals surface area (Å²) in [7, 11) is 2.48. The summed E-state index contributed by atoms with van der Waals surface area (Å²) in [5.74, 6) is -2.49. The Kier molecular flexibility index (Phi) is 9.56. The zero-order chi connectivity index (χ0) is 28.6. The standard InChI is InChI=1S/C26H31F2N7O5/c1-39-15-20-21(23(36)40-2)22(16-4-5-18(27)19(28)14-16)35(26(38)33-20)25(37)32-11-10-29-17-6-12-34(13-7-17)24-30-8-3-9-31-24/h3-5,8-9,14,17,22,29H,6-7,10-13,15H2,1-2H3,(H,32,37)(H,33,38). The molecule has 214 valence electrons. The third-order valence-corrected chi connectivity index (χ3v) is 6.67. The summed E-state index contributed by atoms with van der Waals surface area (Å²) in [5.41, 5.74) is -0.0883. The number of aromatic nitrogens is 2. The third-order valence-electron chi connectivity index (χ3n) is 6.67. The molecule has 0 saturated carbocycles. The van der Waals surface area contributed by atoms with E-state index in [0.29, 0.717) is 12.5 Å². The Morgan fingerprint density at radius 1 is 1.10 bits per heavy atom. The van der Waals surface area contributed by atoms with Gasteiger partial charge in [0.15, 0.2) is 11.6 Å². The number of piperidine rings is 1. The topological polar surface area (TPSA) is 138 Å². The Morgan fingerprint density at radius 3 is 2.48 bits per heavy atom. The monoisotopic (exact) mass is 559 g/mol. The van der Waals surface area contributed by atoms with Crippen molar-refractivity contribution in [3.05, 3.63) is 65.1 Å². The maximum Gasteiger partial charge on any atom is 0.338 e. The van der Waals surface area contributed by atoms with Gasteiger partial charge in [-0.2, -0.15) is 0 Å². The molecule has 0 bridgehead atoms. The van der Waals surface area contributed by atoms with E-state index in [9.17, 15) is 23.2 Å². The number of hydrogen-bond acceptors (Lipinski definition) is 9. The lowest BCUT2D eigenvalue weighted by atomic mass is 9.93. The van der Waals surface area contributed by atoms with Crippen molar-refractivity contribution in [3.8, 4) is 0 Å². The van der Waals surface area contributed by atoms with Crippen LogP contribution >= 0.6 is 0 Å². The highest BCUT2D eigenvalue weighted by Crippen LogP contribution is 2.35. The van der Waals surface area contributed by atoms with Gasteiger partial charge in [0, 0.05) is 51.7 Å². The molecule has 40 heavy (non-hydrogen) atoms. The molecule has 2 aliphatic rings. The number of nitrogens with one attached hydrogen (secondary N) is 3. The highest BCUT2D eigenvalue weighted by atomic mass is 19.2. The van der Waals surface area contributed by atoms with Gasteiger partial charge in [-0.25, -0.2) is 38.0 Å². The lowest BCUT2D eigenvalue weighted by molar-refractivity contribution is -0.137. The van der Waals surface area contributed by atoms with Crippen molar-refractivity contribution in [1.29, 1.82) is 0 Å². The molecule has 0 aliphatic carbocycles. The van der Waals surface area contributed by atoms with Crippen molar-refractivity contribution in [3.63, 3.8) is 0 Å². The number of esters is 1. The Hall–Kier alpha value is -4.17. The summed E-state index contributed by atoms with van der Waals surface area (Å²) >= 11 is 0. The summed E-state index contributed by atoms with van der Waals surface area (Å²) in [6.07, 6.45) is 5.12. The first-order chi connectivity index (χ1) is 19.3. The number of carbonyl (C=O) groups excluding carboxylic acids is 3. The molecule has 1 unspecified atom stereocenters. The molecule has 14 heteroatoms. The van der Waals surface area contributed by atoms with Crippen LogP contribution in [0.15, 0.2) is 47.9 Å². The first-order valence-corrected chi connectivity index (χ1v) is 12.7. The van der Waals surface area contributed by atoms with Crippen molar-refractivity contribution < 1.29 is 32.6 Å². The van der Waals surface area contributed by atoms with Gasteiger partial charge in [0.25, 0.3) is 0 Å². The normalized spacial score (nSPS) is 18.0. The number of benzene rings is 1. The average Bonchev–Trinajstić information content (AvgIpc) is 2.97. The number of anilines is 1. The number of imide groups is 1. The van der Waals surface area contributed by atoms with Crippen LogP contribution in [0.3, 0.4) is 0 Å². The van der Waals surface area contributed by atoms with Crippen molar-refractivity contribution in [2.45, 2.75) is 24.9 Å². The van der Waals surface area contributed by atoms with Gasteiger partial charge in [-0.05, 0) is 36.6 Å². The summed E-state index contributed by atoms with van der Waals surface area (Å²) in [4.78, 5) is 50.5. The molecule has 1 fully saturated rings. The smallest absolute Gasteiger partial charge is 0.338 e. The van der Waals surface area contributed by atoms with Gasteiger partial charge in [-0.1, -0.05) is 6.07 Å². The summed E-state index contributed by atoms with van der Waals surface area (Å²) in [6.45, 7) is 1.95. The number of urea groups is 2. The molecular weight excluding hydrogens is 528 g/mol. The van der Waals surface area contributed by atoms with Crippen molar-refractivity contribution in [2.75, 3.05) is 51.9 Å². The van der Waals surface area contributed by atoms with Crippen LogP contribution < -0.4 is 20.9 Å². The molecule has 3 heterocycles. The zero-order valence-electron chi connectivity index (χ0n) is 22.2. The lowest BCUT2D eigenvalue weighted by Crippen LogP contribution is -2.56. The second-order valence-electron chi connectivity index (χ2n) is 9.19. The maximum atomic E-state index is 14.2. The van der Waals surface area contributed by atoms with Crippen molar-refractivity contribution >= 4 is 24.0 Å². The minimum atomic E-state index is -1.39. The van der Waals surface area contributed by atoms with Crippen LogP contribution in [-0.4, -0.2) is 85.9 Å². The van der Waals surface area contributed by atoms with Gasteiger partial charge in [0.2, 0.25) is 5.95 Å². The van der Waals surface area contributed by atoms with E-state index in [1.54, 1.807) is 18.5 Å². The number of halogens is 2. The van der Waals surface area contributed by atoms with E-state index in [-0.39, 0.29) is 36.0 Å². The summed E-state index contributed by atoms with van der Waals surface area (Å²) in [5, 5.41) is 8.53. The second kappa shape index (κ2) is 13.3. The van der Waals surface area contributed by atoms with Gasteiger partial charge in [0.1, 0.15) is 6.04 Å². The summed E-state index contributed by atoms with van der Waals surface area (Å²) < 4.78 is 37.9. The molecule has 1 atom stereocenters. The van der Waals surface area contributed by atoms with Gasteiger partial charge in [-0.3, -0.25) is 0 Å². The zero-order valence-corrected chi connectivity index (χ0v) is 22.2. The molecular formula is C26H31F2N7O5. The fourth-order valence-corrected chi connectivity index (χ4v) is 4.75. The Balaban J connectivity index is 1.43. The van der Waals surface area contributed by atoms with Crippen molar-refractivity contribution in [1.82, 2.24) is 30.8 Å². The van der Waals surface area contributed by atoms with Crippen LogP contribution in [0.4, 0.5) is 24.3 Å². The Labute approximate surface area is 229 Å². The molecule has 3 N–H and O–H groups in total. The van der Waals surface area contributed by atoms with E-state index in [0.717, 1.165) is 50.1 Å². The Morgan fingerprint density at radius 2 is 1.82 bits per heavy atom. The fourth-order valence-electron chi connectivity index (χ4n) is 4.75. The predicted molar refractivity (Wildman–Crippen MR) is 139 cm³/mol. The van der Waals surface area contributed by atoms with Crippen LogP contribution in [0.5, 0.6) is 0 Å². The first-order valence-electron chi connectivity index (χ1n) is 12.7. The van der Waals surface area contributed by atoms with Crippen molar-refractivity contribution in [2.24, 2.45) is 0 Å². The number of hydrogen-bond donors (Lipinski definition) is 3. The molecule has 0 spiro atoms. The Bertz CT molecular complexity index is 1260.